The third-order valence-electron chi connectivity index (χ3n) is 4.37. The van der Waals surface area contributed by atoms with E-state index in [2.05, 4.69) is 10.1 Å². The van der Waals surface area contributed by atoms with E-state index in [9.17, 15) is 4.79 Å². The van der Waals surface area contributed by atoms with Gasteiger partial charge in [-0.25, -0.2) is 0 Å². The zero-order chi connectivity index (χ0) is 17.9. The van der Waals surface area contributed by atoms with Gasteiger partial charge in [-0.1, -0.05) is 23.4 Å². The van der Waals surface area contributed by atoms with Crippen molar-refractivity contribution in [2.45, 2.75) is 25.7 Å². The Hall–Kier alpha value is -3.09. The van der Waals surface area contributed by atoms with Crippen molar-refractivity contribution in [1.82, 2.24) is 15.0 Å². The van der Waals surface area contributed by atoms with Crippen LogP contribution in [0.25, 0.3) is 0 Å². The number of aromatic nitrogens is 2. The summed E-state index contributed by atoms with van der Waals surface area (Å²) in [6, 6.07) is 12.6. The maximum Gasteiger partial charge on any atom is 0.290 e. The lowest BCUT2D eigenvalue weighted by atomic mass is 9.97. The maximum atomic E-state index is 12.8. The molecule has 1 aliphatic heterocycles. The summed E-state index contributed by atoms with van der Waals surface area (Å²) in [6.07, 6.45) is 1.82. The smallest absolute Gasteiger partial charge is 0.290 e. The molecule has 1 unspecified atom stereocenters. The Kier molecular flexibility index (Phi) is 4.43. The van der Waals surface area contributed by atoms with Gasteiger partial charge < -0.3 is 18.6 Å². The van der Waals surface area contributed by atoms with Crippen LogP contribution in [0.2, 0.25) is 0 Å². The molecule has 1 amide bonds. The summed E-state index contributed by atoms with van der Waals surface area (Å²) in [5, 5.41) is 3.99. The van der Waals surface area contributed by atoms with Crippen molar-refractivity contribution < 1.29 is 18.5 Å². The van der Waals surface area contributed by atoms with Crippen molar-refractivity contribution in [3.05, 3.63) is 59.9 Å². The van der Waals surface area contributed by atoms with Gasteiger partial charge in [-0.05, 0) is 31.0 Å². The lowest BCUT2D eigenvalue weighted by molar-refractivity contribution is 0.0666. The van der Waals surface area contributed by atoms with E-state index in [1.165, 1.54) is 0 Å². The molecule has 0 bridgehead atoms. The first-order valence-corrected chi connectivity index (χ1v) is 8.61. The fourth-order valence-electron chi connectivity index (χ4n) is 3.10. The van der Waals surface area contributed by atoms with Gasteiger partial charge in [-0.3, -0.25) is 4.79 Å². The van der Waals surface area contributed by atoms with Crippen LogP contribution in [0, 0.1) is 6.92 Å². The zero-order valence-corrected chi connectivity index (χ0v) is 14.4. The minimum atomic E-state index is -0.155. The van der Waals surface area contributed by atoms with E-state index in [4.69, 9.17) is 13.7 Å². The van der Waals surface area contributed by atoms with E-state index in [1.807, 2.05) is 30.3 Å². The number of amides is 1. The molecule has 3 heterocycles. The molecule has 2 aromatic heterocycles. The number of aryl methyl sites for hydroxylation is 1. The number of hydrogen-bond donors (Lipinski definition) is 0. The number of ether oxygens (including phenoxy) is 1. The van der Waals surface area contributed by atoms with Crippen LogP contribution in [0.5, 0.6) is 11.7 Å². The molecule has 0 radical (unpaired) electrons. The molecular weight excluding hydrogens is 334 g/mol. The minimum absolute atomic E-state index is 0.0835. The topological polar surface area (TPSA) is 81.6 Å². The summed E-state index contributed by atoms with van der Waals surface area (Å²) in [4.78, 5) is 18.8. The molecule has 134 valence electrons. The van der Waals surface area contributed by atoms with E-state index in [0.29, 0.717) is 36.5 Å². The molecule has 1 fully saturated rings. The number of para-hydroxylation sites is 1. The number of benzene rings is 1. The summed E-state index contributed by atoms with van der Waals surface area (Å²) in [5.41, 5.74) is 0. The quantitative estimate of drug-likeness (QED) is 0.710. The number of carbonyl (C=O) groups excluding carboxylic acids is 1. The number of carbonyl (C=O) groups is 1. The Morgan fingerprint density at radius 1 is 1.23 bits per heavy atom. The predicted octanol–water partition coefficient (Wildman–Crippen LogP) is 3.78. The maximum absolute atomic E-state index is 12.8. The first-order chi connectivity index (χ1) is 12.7. The Morgan fingerprint density at radius 2 is 2.08 bits per heavy atom. The van der Waals surface area contributed by atoms with E-state index in [1.54, 1.807) is 24.0 Å². The number of rotatable bonds is 4. The lowest BCUT2D eigenvalue weighted by Gasteiger charge is -2.30. The molecule has 0 saturated carbocycles. The normalized spacial score (nSPS) is 17.3. The largest absolute Gasteiger partial charge is 0.426 e. The second kappa shape index (κ2) is 7.03. The standard InChI is InChI=1S/C19H19N3O4/c1-13-20-18(21-26-13)14-6-5-11-22(12-14)19(23)16-9-10-17(25-16)24-15-7-3-2-4-8-15/h2-4,7-10,14H,5-6,11-12H2,1H3. The van der Waals surface area contributed by atoms with Crippen molar-refractivity contribution in [3.63, 3.8) is 0 Å². The molecule has 1 aliphatic rings. The van der Waals surface area contributed by atoms with Gasteiger partial charge in [0.1, 0.15) is 5.75 Å². The second-order valence-electron chi connectivity index (χ2n) is 6.30. The highest BCUT2D eigenvalue weighted by Gasteiger charge is 2.29. The molecule has 0 spiro atoms. The average molecular weight is 353 g/mol. The van der Waals surface area contributed by atoms with Crippen molar-refractivity contribution in [3.8, 4) is 11.7 Å². The molecule has 1 aromatic carbocycles. The van der Waals surface area contributed by atoms with Gasteiger partial charge in [-0.15, -0.1) is 0 Å². The Balaban J connectivity index is 1.44. The van der Waals surface area contributed by atoms with Gasteiger partial charge in [0.05, 0.1) is 0 Å². The van der Waals surface area contributed by atoms with Crippen molar-refractivity contribution in [1.29, 1.82) is 0 Å². The molecule has 7 heteroatoms. The highest BCUT2D eigenvalue weighted by Crippen LogP contribution is 2.28. The van der Waals surface area contributed by atoms with Crippen LogP contribution in [-0.4, -0.2) is 34.0 Å². The second-order valence-corrected chi connectivity index (χ2v) is 6.30. The Morgan fingerprint density at radius 3 is 2.85 bits per heavy atom. The summed E-state index contributed by atoms with van der Waals surface area (Å²) >= 11 is 0. The van der Waals surface area contributed by atoms with Crippen LogP contribution >= 0.6 is 0 Å². The van der Waals surface area contributed by atoms with Crippen LogP contribution in [0.4, 0.5) is 0 Å². The van der Waals surface area contributed by atoms with Gasteiger partial charge in [0.2, 0.25) is 5.89 Å². The SMILES string of the molecule is Cc1nc(C2CCCN(C(=O)c3ccc(Oc4ccccc4)o3)C2)no1. The van der Waals surface area contributed by atoms with Crippen LogP contribution < -0.4 is 4.74 Å². The third-order valence-corrected chi connectivity index (χ3v) is 4.37. The van der Waals surface area contributed by atoms with Crippen LogP contribution in [0.1, 0.15) is 41.0 Å². The summed E-state index contributed by atoms with van der Waals surface area (Å²) < 4.78 is 16.3. The molecule has 0 aliphatic carbocycles. The van der Waals surface area contributed by atoms with Crippen molar-refractivity contribution in [2.24, 2.45) is 0 Å². The first-order valence-electron chi connectivity index (χ1n) is 8.61. The molecule has 4 rings (SSSR count). The van der Waals surface area contributed by atoms with E-state index < -0.39 is 0 Å². The van der Waals surface area contributed by atoms with Gasteiger partial charge in [0.15, 0.2) is 11.6 Å². The molecule has 7 nitrogen and oxygen atoms in total. The van der Waals surface area contributed by atoms with Crippen LogP contribution in [0.15, 0.2) is 51.4 Å². The average Bonchev–Trinajstić information content (AvgIpc) is 3.31. The van der Waals surface area contributed by atoms with E-state index in [-0.39, 0.29) is 17.6 Å². The molecule has 0 N–H and O–H groups in total. The van der Waals surface area contributed by atoms with Gasteiger partial charge >= 0.3 is 0 Å². The predicted molar refractivity (Wildman–Crippen MR) is 92.1 cm³/mol. The number of piperidine rings is 1. The number of nitrogens with zero attached hydrogens (tertiary/aromatic N) is 3. The summed E-state index contributed by atoms with van der Waals surface area (Å²) in [6.45, 7) is 2.99. The number of hydrogen-bond acceptors (Lipinski definition) is 6. The number of furan rings is 1. The fraction of sp³-hybridized carbons (Fsp3) is 0.316. The van der Waals surface area contributed by atoms with Gasteiger partial charge in [0, 0.05) is 32.0 Å². The number of likely N-dealkylation sites (tertiary alicyclic amines) is 1. The summed E-state index contributed by atoms with van der Waals surface area (Å²) in [7, 11) is 0. The van der Waals surface area contributed by atoms with Crippen LogP contribution in [0.3, 0.4) is 0 Å². The van der Waals surface area contributed by atoms with Crippen molar-refractivity contribution >= 4 is 5.91 Å². The first kappa shape index (κ1) is 16.4. The lowest BCUT2D eigenvalue weighted by Crippen LogP contribution is -2.39. The highest BCUT2D eigenvalue weighted by molar-refractivity contribution is 5.91. The highest BCUT2D eigenvalue weighted by atomic mass is 16.6. The fourth-order valence-corrected chi connectivity index (χ4v) is 3.10. The Bertz CT molecular complexity index is 887. The third kappa shape index (κ3) is 3.46. The van der Waals surface area contributed by atoms with Gasteiger partial charge in [-0.2, -0.15) is 4.98 Å². The molecular formula is C19H19N3O4. The molecule has 26 heavy (non-hydrogen) atoms. The Labute approximate surface area is 150 Å². The minimum Gasteiger partial charge on any atom is -0.426 e. The monoisotopic (exact) mass is 353 g/mol. The van der Waals surface area contributed by atoms with E-state index >= 15 is 0 Å². The van der Waals surface area contributed by atoms with Crippen molar-refractivity contribution in [2.75, 3.05) is 13.1 Å². The molecule has 1 saturated heterocycles. The van der Waals surface area contributed by atoms with E-state index in [0.717, 1.165) is 12.8 Å². The van der Waals surface area contributed by atoms with Gasteiger partial charge in [0.25, 0.3) is 11.9 Å². The molecule has 3 aromatic rings. The molecule has 1 atom stereocenters. The zero-order valence-electron chi connectivity index (χ0n) is 14.4. The summed E-state index contributed by atoms with van der Waals surface area (Å²) in [5.74, 6) is 2.34. The van der Waals surface area contributed by atoms with Crippen LogP contribution in [-0.2, 0) is 0 Å².